The maximum atomic E-state index is 6.64. The summed E-state index contributed by atoms with van der Waals surface area (Å²) < 4.78 is 25.7. The third-order valence-electron chi connectivity index (χ3n) is 11.5. The van der Waals surface area contributed by atoms with Crippen LogP contribution in [0.15, 0.2) is 84.9 Å². The summed E-state index contributed by atoms with van der Waals surface area (Å²) in [6.07, 6.45) is 8.07. The molecule has 0 aromatic heterocycles. The molecule has 0 amide bonds. The molecule has 56 heavy (non-hydrogen) atoms. The Labute approximate surface area is 333 Å². The average Bonchev–Trinajstić information content (AvgIpc) is 3.11. The third kappa shape index (κ3) is 5.75. The van der Waals surface area contributed by atoms with E-state index < -0.39 is 22.2 Å². The highest BCUT2D eigenvalue weighted by molar-refractivity contribution is 6.18. The second kappa shape index (κ2) is 12.1. The van der Waals surface area contributed by atoms with E-state index >= 15 is 0 Å². The highest BCUT2D eigenvalue weighted by atomic mass is 16.5. The predicted molar refractivity (Wildman–Crippen MR) is 233 cm³/mol. The van der Waals surface area contributed by atoms with Gasteiger partial charge in [0.05, 0.1) is 11.0 Å². The number of fused-ring (bicyclic) bond motifs is 16. The van der Waals surface area contributed by atoms with E-state index in [1.807, 2.05) is 26.0 Å². The largest absolute Gasteiger partial charge is 0.492 e. The molecular weight excluding hydrogens is 686 g/mol. The van der Waals surface area contributed by atoms with Crippen molar-refractivity contribution in [2.45, 2.75) is 91.4 Å². The number of hydrogen-bond donors (Lipinski definition) is 0. The normalized spacial score (nSPS) is 21.3. The lowest BCUT2D eigenvalue weighted by atomic mass is 9.76. The highest BCUT2D eigenvalue weighted by Crippen LogP contribution is 2.56. The molecule has 0 fully saturated rings. The molecule has 0 spiro atoms. The summed E-state index contributed by atoms with van der Waals surface area (Å²) in [5, 5.41) is 4.34. The Morgan fingerprint density at radius 3 is 1.57 bits per heavy atom. The lowest BCUT2D eigenvalue weighted by Gasteiger charge is -2.39. The van der Waals surface area contributed by atoms with Gasteiger partial charge in [-0.05, 0) is 104 Å². The van der Waals surface area contributed by atoms with Crippen LogP contribution in [0.1, 0.15) is 86.1 Å². The van der Waals surface area contributed by atoms with Gasteiger partial charge in [-0.25, -0.2) is 0 Å². The van der Waals surface area contributed by atoms with Crippen LogP contribution in [0.4, 0.5) is 0 Å². The Morgan fingerprint density at radius 1 is 0.446 bits per heavy atom. The topological polar surface area (TPSA) is 36.9 Å². The fourth-order valence-corrected chi connectivity index (χ4v) is 8.93. The molecule has 4 aliphatic rings. The quantitative estimate of drug-likeness (QED) is 0.146. The van der Waals surface area contributed by atoms with Crippen molar-refractivity contribution in [2.75, 3.05) is 0 Å². The zero-order valence-electron chi connectivity index (χ0n) is 34.0. The highest BCUT2D eigenvalue weighted by Gasteiger charge is 2.40. The molecule has 0 bridgehead atoms. The number of rotatable bonds is 0. The van der Waals surface area contributed by atoms with E-state index in [0.717, 1.165) is 66.8 Å². The first-order chi connectivity index (χ1) is 26.3. The van der Waals surface area contributed by atoms with Gasteiger partial charge in [0.25, 0.3) is 0 Å². The molecule has 4 aliphatic heterocycles. The molecule has 0 N–H and O–H groups in total. The minimum Gasteiger partial charge on any atom is -0.492 e. The van der Waals surface area contributed by atoms with E-state index in [0.29, 0.717) is 0 Å². The van der Waals surface area contributed by atoms with Gasteiger partial charge < -0.3 is 18.9 Å². The first-order valence-electron chi connectivity index (χ1n) is 19.5. The van der Waals surface area contributed by atoms with Crippen molar-refractivity contribution in [3.05, 3.63) is 129 Å². The van der Waals surface area contributed by atoms with Crippen molar-refractivity contribution in [1.82, 2.24) is 0 Å². The van der Waals surface area contributed by atoms with Crippen LogP contribution in [0.5, 0.6) is 23.0 Å². The monoisotopic (exact) mass is 732 g/mol. The van der Waals surface area contributed by atoms with Gasteiger partial charge in [-0.15, -0.1) is 0 Å². The number of ether oxygens (including phenoxy) is 4. The fraction of sp³-hybridized carbons (Fsp3) is 0.280. The van der Waals surface area contributed by atoms with Gasteiger partial charge in [0, 0.05) is 55.1 Å². The summed E-state index contributed by atoms with van der Waals surface area (Å²) in [6, 6.07) is 25.9. The van der Waals surface area contributed by atoms with Crippen LogP contribution in [0.2, 0.25) is 0 Å². The van der Waals surface area contributed by atoms with Crippen LogP contribution >= 0.6 is 0 Å². The van der Waals surface area contributed by atoms with E-state index in [9.17, 15) is 0 Å². The standard InChI is InChI=1S/2C25H23BO2/c1-14-6-8-16-18(12-14)22-17(10-11-25(5,26)28-22)21-19-13-15(2)7-9-20(19)24(3,4)27-23(16)21;1-14-6-8-16-18(12-14)23-17(10-11-25(5,26)28-23)21-19-13-15(2)7-9-20(19)27-24(3,4)22(16)21/h2*6-13H,1-5H3. The summed E-state index contributed by atoms with van der Waals surface area (Å²) in [6.45, 7) is 20.7. The second-order valence-corrected chi connectivity index (χ2v) is 17.5. The molecule has 4 nitrogen and oxygen atoms in total. The molecule has 6 aromatic carbocycles. The van der Waals surface area contributed by atoms with Crippen molar-refractivity contribution >= 4 is 49.4 Å². The van der Waals surface area contributed by atoms with Gasteiger partial charge in [-0.2, -0.15) is 0 Å². The fourth-order valence-electron chi connectivity index (χ4n) is 8.93. The molecule has 0 saturated heterocycles. The maximum Gasteiger partial charge on any atom is 0.137 e. The Balaban J connectivity index is 0.000000146. The molecule has 276 valence electrons. The predicted octanol–water partition coefficient (Wildman–Crippen LogP) is 12.1. The molecule has 4 radical (unpaired) electrons. The van der Waals surface area contributed by atoms with Crippen LogP contribution in [0, 0.1) is 27.7 Å². The van der Waals surface area contributed by atoms with Gasteiger partial charge in [-0.1, -0.05) is 95.1 Å². The van der Waals surface area contributed by atoms with E-state index in [4.69, 9.17) is 34.6 Å². The Hall–Kier alpha value is -5.35. The minimum absolute atomic E-state index is 0.413. The van der Waals surface area contributed by atoms with E-state index in [2.05, 4.69) is 140 Å². The average molecular weight is 733 g/mol. The van der Waals surface area contributed by atoms with Crippen molar-refractivity contribution in [2.24, 2.45) is 0 Å². The van der Waals surface area contributed by atoms with Crippen molar-refractivity contribution in [3.63, 3.8) is 0 Å². The van der Waals surface area contributed by atoms with E-state index in [1.165, 1.54) is 44.5 Å². The molecule has 6 aromatic rings. The Morgan fingerprint density at radius 2 is 0.946 bits per heavy atom. The van der Waals surface area contributed by atoms with Gasteiger partial charge >= 0.3 is 0 Å². The first-order valence-corrected chi connectivity index (χ1v) is 19.5. The van der Waals surface area contributed by atoms with Crippen LogP contribution in [0.3, 0.4) is 0 Å². The van der Waals surface area contributed by atoms with E-state index in [1.54, 1.807) is 0 Å². The lowest BCUT2D eigenvalue weighted by Crippen LogP contribution is -2.34. The van der Waals surface area contributed by atoms with E-state index in [-0.39, 0.29) is 0 Å². The first kappa shape index (κ1) is 36.3. The van der Waals surface area contributed by atoms with Gasteiger partial charge in [0.2, 0.25) is 0 Å². The zero-order valence-corrected chi connectivity index (χ0v) is 34.0. The molecule has 0 saturated carbocycles. The molecule has 0 aliphatic carbocycles. The zero-order chi connectivity index (χ0) is 39.7. The van der Waals surface area contributed by atoms with Crippen molar-refractivity contribution in [3.8, 4) is 45.3 Å². The maximum absolute atomic E-state index is 6.64. The molecule has 4 heterocycles. The number of benzene rings is 6. The number of hydrogen-bond acceptors (Lipinski definition) is 4. The minimum atomic E-state index is -0.831. The summed E-state index contributed by atoms with van der Waals surface area (Å²) in [5.41, 5.74) is 11.4. The van der Waals surface area contributed by atoms with Gasteiger partial charge in [0.1, 0.15) is 49.9 Å². The summed E-state index contributed by atoms with van der Waals surface area (Å²) in [5.74, 6) is 3.52. The number of aryl methyl sites for hydroxylation is 4. The van der Waals surface area contributed by atoms with Crippen LogP contribution in [-0.4, -0.2) is 26.7 Å². The molecule has 2 unspecified atom stereocenters. The summed E-state index contributed by atoms with van der Waals surface area (Å²) in [4.78, 5) is 0. The SMILES string of the molecule is [B]C1(C)C=Cc2c3c(c4ccc(C)cc4c2O1)C(C)(C)Oc1ccc(C)cc1-3.[B]C1(C)C=Cc2c3c(c4ccc(C)cc4c2O1)OC(C)(C)c1ccc(C)cc1-3. The molecular formula is C50H46B2O4. The molecule has 6 heteroatoms. The van der Waals surface area contributed by atoms with Gasteiger partial charge in [-0.3, -0.25) is 0 Å². The summed E-state index contributed by atoms with van der Waals surface area (Å²) >= 11 is 0. The van der Waals surface area contributed by atoms with Crippen LogP contribution < -0.4 is 18.9 Å². The Kier molecular flexibility index (Phi) is 7.83. The summed E-state index contributed by atoms with van der Waals surface area (Å²) in [7, 11) is 12.7. The van der Waals surface area contributed by atoms with Crippen LogP contribution in [0.25, 0.3) is 56.0 Å². The smallest absolute Gasteiger partial charge is 0.137 e. The molecule has 2 atom stereocenters. The third-order valence-corrected chi connectivity index (χ3v) is 11.5. The molecule has 10 rings (SSSR count). The van der Waals surface area contributed by atoms with Gasteiger partial charge in [0.15, 0.2) is 0 Å². The lowest BCUT2D eigenvalue weighted by molar-refractivity contribution is 0.107. The second-order valence-electron chi connectivity index (χ2n) is 17.5. The Bertz CT molecular complexity index is 2750. The van der Waals surface area contributed by atoms with Crippen molar-refractivity contribution < 1.29 is 18.9 Å². The van der Waals surface area contributed by atoms with Crippen LogP contribution in [-0.2, 0) is 11.2 Å². The van der Waals surface area contributed by atoms with Crippen molar-refractivity contribution in [1.29, 1.82) is 0 Å².